The Morgan fingerprint density at radius 1 is 1.10 bits per heavy atom. The second-order valence-electron chi connectivity index (χ2n) is 7.37. The van der Waals surface area contributed by atoms with E-state index in [1.807, 2.05) is 37.3 Å². The summed E-state index contributed by atoms with van der Waals surface area (Å²) in [7, 11) is 0. The van der Waals surface area contributed by atoms with E-state index in [4.69, 9.17) is 5.73 Å². The molecule has 2 heterocycles. The molecule has 1 amide bonds. The van der Waals surface area contributed by atoms with Crippen molar-refractivity contribution in [1.29, 1.82) is 0 Å². The predicted octanol–water partition coefficient (Wildman–Crippen LogP) is 4.73. The van der Waals surface area contributed by atoms with Crippen LogP contribution in [-0.4, -0.2) is 20.5 Å². The van der Waals surface area contributed by atoms with E-state index in [1.54, 1.807) is 16.9 Å². The molecule has 31 heavy (non-hydrogen) atoms. The summed E-state index contributed by atoms with van der Waals surface area (Å²) in [6.07, 6.45) is -0.984. The van der Waals surface area contributed by atoms with Gasteiger partial charge in [0.25, 0.3) is 0 Å². The fourth-order valence-corrected chi connectivity index (χ4v) is 3.65. The molecule has 0 saturated heterocycles. The maximum absolute atomic E-state index is 13.1. The van der Waals surface area contributed by atoms with E-state index in [-0.39, 0.29) is 6.42 Å². The SMILES string of the molecule is Cc1cnc2c(-c3ccc(C(F)(F)F)cc3)c(C(CC(N)=O)c3ccccc3)nn2c1. The number of hydrogen-bond donors (Lipinski definition) is 1. The predicted molar refractivity (Wildman–Crippen MR) is 110 cm³/mol. The van der Waals surface area contributed by atoms with E-state index in [1.165, 1.54) is 12.1 Å². The van der Waals surface area contributed by atoms with Crippen LogP contribution in [0, 0.1) is 6.92 Å². The minimum absolute atomic E-state index is 0.000508. The van der Waals surface area contributed by atoms with Gasteiger partial charge in [0, 0.05) is 24.7 Å². The van der Waals surface area contributed by atoms with Gasteiger partial charge in [-0.05, 0) is 35.7 Å². The Bertz CT molecular complexity index is 1230. The summed E-state index contributed by atoms with van der Waals surface area (Å²) in [6, 6.07) is 14.1. The fourth-order valence-electron chi connectivity index (χ4n) is 3.65. The van der Waals surface area contributed by atoms with Gasteiger partial charge < -0.3 is 5.73 Å². The molecule has 2 aromatic carbocycles. The van der Waals surface area contributed by atoms with Crippen LogP contribution in [0.4, 0.5) is 13.2 Å². The first-order valence-corrected chi connectivity index (χ1v) is 9.60. The van der Waals surface area contributed by atoms with Crippen molar-refractivity contribution in [3.63, 3.8) is 0 Å². The minimum atomic E-state index is -4.43. The molecule has 8 heteroatoms. The van der Waals surface area contributed by atoms with Crippen LogP contribution in [-0.2, 0) is 11.0 Å². The molecule has 0 aliphatic rings. The van der Waals surface area contributed by atoms with Crippen LogP contribution < -0.4 is 5.73 Å². The number of primary amides is 1. The molecule has 0 radical (unpaired) electrons. The monoisotopic (exact) mass is 424 g/mol. The lowest BCUT2D eigenvalue weighted by atomic mass is 9.88. The quantitative estimate of drug-likeness (QED) is 0.503. The maximum Gasteiger partial charge on any atom is 0.416 e. The molecule has 2 N–H and O–H groups in total. The first-order valence-electron chi connectivity index (χ1n) is 9.60. The van der Waals surface area contributed by atoms with Crippen molar-refractivity contribution in [2.24, 2.45) is 5.73 Å². The summed E-state index contributed by atoms with van der Waals surface area (Å²) >= 11 is 0. The highest BCUT2D eigenvalue weighted by molar-refractivity contribution is 5.82. The van der Waals surface area contributed by atoms with Gasteiger partial charge in [0.05, 0.1) is 16.8 Å². The van der Waals surface area contributed by atoms with Gasteiger partial charge in [-0.15, -0.1) is 0 Å². The van der Waals surface area contributed by atoms with Gasteiger partial charge in [-0.3, -0.25) is 4.79 Å². The number of hydrogen-bond acceptors (Lipinski definition) is 3. The van der Waals surface area contributed by atoms with Crippen molar-refractivity contribution in [2.75, 3.05) is 0 Å². The Labute approximate surface area is 176 Å². The van der Waals surface area contributed by atoms with Crippen LogP contribution >= 0.6 is 0 Å². The topological polar surface area (TPSA) is 73.3 Å². The van der Waals surface area contributed by atoms with Crippen LogP contribution in [0.15, 0.2) is 67.0 Å². The first kappa shape index (κ1) is 20.6. The molecule has 0 saturated carbocycles. The molecule has 1 atom stereocenters. The van der Waals surface area contributed by atoms with E-state index in [0.29, 0.717) is 22.5 Å². The number of rotatable bonds is 5. The van der Waals surface area contributed by atoms with Crippen molar-refractivity contribution in [2.45, 2.75) is 25.4 Å². The van der Waals surface area contributed by atoms with Crippen molar-refractivity contribution < 1.29 is 18.0 Å². The van der Waals surface area contributed by atoms with Crippen molar-refractivity contribution in [3.8, 4) is 11.1 Å². The van der Waals surface area contributed by atoms with E-state index in [2.05, 4.69) is 10.1 Å². The Kier molecular flexibility index (Phi) is 5.22. The number of carbonyl (C=O) groups is 1. The van der Waals surface area contributed by atoms with Crippen LogP contribution in [0.5, 0.6) is 0 Å². The zero-order valence-electron chi connectivity index (χ0n) is 16.6. The Morgan fingerprint density at radius 2 is 1.77 bits per heavy atom. The number of fused-ring (bicyclic) bond motifs is 1. The molecule has 4 aromatic rings. The summed E-state index contributed by atoms with van der Waals surface area (Å²) in [5.74, 6) is -0.980. The molecule has 2 aromatic heterocycles. The number of aromatic nitrogens is 3. The molecular weight excluding hydrogens is 405 g/mol. The summed E-state index contributed by atoms with van der Waals surface area (Å²) in [4.78, 5) is 16.3. The molecule has 158 valence electrons. The van der Waals surface area contributed by atoms with Gasteiger partial charge in [-0.1, -0.05) is 42.5 Å². The number of alkyl halides is 3. The van der Waals surface area contributed by atoms with Gasteiger partial charge in [0.1, 0.15) is 0 Å². The van der Waals surface area contributed by atoms with Crippen molar-refractivity contribution >= 4 is 11.6 Å². The Balaban J connectivity index is 1.95. The molecule has 0 fully saturated rings. The zero-order valence-corrected chi connectivity index (χ0v) is 16.6. The third-order valence-corrected chi connectivity index (χ3v) is 5.07. The maximum atomic E-state index is 13.1. The highest BCUT2D eigenvalue weighted by Gasteiger charge is 2.31. The van der Waals surface area contributed by atoms with Gasteiger partial charge in [-0.25, -0.2) is 9.50 Å². The molecule has 1 unspecified atom stereocenters. The summed E-state index contributed by atoms with van der Waals surface area (Å²) in [5, 5.41) is 4.68. The van der Waals surface area contributed by atoms with E-state index in [0.717, 1.165) is 23.3 Å². The molecule has 4 rings (SSSR count). The lowest BCUT2D eigenvalue weighted by Crippen LogP contribution is -2.17. The largest absolute Gasteiger partial charge is 0.416 e. The zero-order chi connectivity index (χ0) is 22.2. The van der Waals surface area contributed by atoms with E-state index >= 15 is 0 Å². The number of benzene rings is 2. The Morgan fingerprint density at radius 3 is 2.39 bits per heavy atom. The standard InChI is InChI=1S/C23H19F3N4O/c1-14-12-28-22-20(16-7-9-17(10-8-16)23(24,25)26)21(29-30(22)13-14)18(11-19(27)31)15-5-3-2-4-6-15/h2-10,12-13,18H,11H2,1H3,(H2,27,31). The highest BCUT2D eigenvalue weighted by atomic mass is 19.4. The summed E-state index contributed by atoms with van der Waals surface area (Å²) in [6.45, 7) is 1.86. The molecule has 0 spiro atoms. The van der Waals surface area contributed by atoms with Gasteiger partial charge >= 0.3 is 6.18 Å². The molecular formula is C23H19F3N4O. The number of aryl methyl sites for hydroxylation is 1. The van der Waals surface area contributed by atoms with Gasteiger partial charge in [0.15, 0.2) is 5.65 Å². The van der Waals surface area contributed by atoms with Crippen LogP contribution in [0.25, 0.3) is 16.8 Å². The van der Waals surface area contributed by atoms with E-state index in [9.17, 15) is 18.0 Å². The van der Waals surface area contributed by atoms with E-state index < -0.39 is 23.6 Å². The highest BCUT2D eigenvalue weighted by Crippen LogP contribution is 2.38. The first-order chi connectivity index (χ1) is 14.7. The molecule has 0 aliphatic carbocycles. The number of nitrogens with two attached hydrogens (primary N) is 1. The average Bonchev–Trinajstić information content (AvgIpc) is 3.10. The second kappa shape index (κ2) is 7.86. The lowest BCUT2D eigenvalue weighted by Gasteiger charge is -2.16. The molecule has 0 bridgehead atoms. The lowest BCUT2D eigenvalue weighted by molar-refractivity contribution is -0.137. The van der Waals surface area contributed by atoms with Crippen LogP contribution in [0.1, 0.15) is 34.7 Å². The number of halogens is 3. The number of amides is 1. The smallest absolute Gasteiger partial charge is 0.370 e. The minimum Gasteiger partial charge on any atom is -0.370 e. The number of nitrogens with zero attached hydrogens (tertiary/aromatic N) is 3. The molecule has 0 aliphatic heterocycles. The van der Waals surface area contributed by atoms with Gasteiger partial charge in [0.2, 0.25) is 5.91 Å². The van der Waals surface area contributed by atoms with Crippen LogP contribution in [0.2, 0.25) is 0 Å². The normalized spacial score (nSPS) is 12.8. The Hall–Kier alpha value is -3.68. The third-order valence-electron chi connectivity index (χ3n) is 5.07. The number of carbonyl (C=O) groups excluding carboxylic acids is 1. The fraction of sp³-hybridized carbons (Fsp3) is 0.174. The van der Waals surface area contributed by atoms with Crippen molar-refractivity contribution in [1.82, 2.24) is 14.6 Å². The second-order valence-corrected chi connectivity index (χ2v) is 7.37. The average molecular weight is 424 g/mol. The van der Waals surface area contributed by atoms with Gasteiger partial charge in [-0.2, -0.15) is 18.3 Å². The molecule has 5 nitrogen and oxygen atoms in total. The van der Waals surface area contributed by atoms with Crippen molar-refractivity contribution in [3.05, 3.63) is 89.4 Å². The summed E-state index contributed by atoms with van der Waals surface area (Å²) in [5.41, 5.74) is 8.61. The third kappa shape index (κ3) is 4.14. The summed E-state index contributed by atoms with van der Waals surface area (Å²) < 4.78 is 40.7. The van der Waals surface area contributed by atoms with Crippen LogP contribution in [0.3, 0.4) is 0 Å².